The average Bonchev–Trinajstić information content (AvgIpc) is 2.34. The van der Waals surface area contributed by atoms with E-state index in [1.807, 2.05) is 58.0 Å². The van der Waals surface area contributed by atoms with Crippen LogP contribution in [0.1, 0.15) is 33.3 Å². The highest BCUT2D eigenvalue weighted by atomic mass is 16.5. The number of hydrogen-bond donors (Lipinski definition) is 1. The zero-order valence-electron chi connectivity index (χ0n) is 11.2. The van der Waals surface area contributed by atoms with E-state index in [-0.39, 0.29) is 0 Å². The molecule has 0 bridgehead atoms. The van der Waals surface area contributed by atoms with Crippen molar-refractivity contribution in [3.63, 3.8) is 0 Å². The second-order valence-corrected chi connectivity index (χ2v) is 5.64. The molecule has 0 aliphatic carbocycles. The minimum atomic E-state index is -0.734. The molecule has 18 heavy (non-hydrogen) atoms. The van der Waals surface area contributed by atoms with Crippen molar-refractivity contribution in [2.75, 3.05) is 0 Å². The largest absolute Gasteiger partial charge is 0.623 e. The molecule has 1 aliphatic heterocycles. The van der Waals surface area contributed by atoms with Gasteiger partial charge in [-0.3, -0.25) is 5.21 Å². The summed E-state index contributed by atoms with van der Waals surface area (Å²) in [5.74, 6) is 0. The summed E-state index contributed by atoms with van der Waals surface area (Å²) in [6.07, 6.45) is 1.49. The molecule has 0 atom stereocenters. The molecule has 0 saturated heterocycles. The zero-order chi connectivity index (χ0) is 13.6. The van der Waals surface area contributed by atoms with Crippen LogP contribution >= 0.6 is 0 Å². The molecule has 1 N–H and O–H groups in total. The first-order valence-electron chi connectivity index (χ1n) is 6.01. The number of hydrogen-bond acceptors (Lipinski definition) is 2. The van der Waals surface area contributed by atoms with Gasteiger partial charge in [0, 0.05) is 27.7 Å². The smallest absolute Gasteiger partial charge is 0.288 e. The van der Waals surface area contributed by atoms with E-state index in [0.717, 1.165) is 15.0 Å². The van der Waals surface area contributed by atoms with E-state index < -0.39 is 11.1 Å². The first-order chi connectivity index (χ1) is 8.28. The third kappa shape index (κ3) is 1.60. The van der Waals surface area contributed by atoms with Crippen LogP contribution < -0.4 is 0 Å². The van der Waals surface area contributed by atoms with Gasteiger partial charge in [0.05, 0.1) is 5.56 Å². The van der Waals surface area contributed by atoms with Crippen molar-refractivity contribution in [1.82, 2.24) is 0 Å². The van der Waals surface area contributed by atoms with E-state index >= 15 is 0 Å². The van der Waals surface area contributed by atoms with Crippen molar-refractivity contribution in [2.45, 2.75) is 38.8 Å². The summed E-state index contributed by atoms with van der Waals surface area (Å²) < 4.78 is 2.11. The van der Waals surface area contributed by atoms with E-state index in [1.54, 1.807) is 0 Å². The summed E-state index contributed by atoms with van der Waals surface area (Å²) in [4.78, 5) is 0. The predicted octanol–water partition coefficient (Wildman–Crippen LogP) is 2.03. The van der Waals surface area contributed by atoms with E-state index in [4.69, 9.17) is 0 Å². The second-order valence-electron chi connectivity index (χ2n) is 5.64. The normalized spacial score (nSPS) is 21.7. The first-order valence-corrected chi connectivity index (χ1v) is 6.01. The molecule has 1 aromatic rings. The molecular weight excluding hydrogens is 228 g/mol. The van der Waals surface area contributed by atoms with Crippen LogP contribution in [-0.2, 0) is 0 Å². The summed E-state index contributed by atoms with van der Waals surface area (Å²) in [5.41, 5.74) is -0.119. The molecule has 1 heterocycles. The number of benzene rings is 1. The van der Waals surface area contributed by atoms with Gasteiger partial charge in [0.2, 0.25) is 5.54 Å². The Morgan fingerprint density at radius 1 is 1.00 bits per heavy atom. The summed E-state index contributed by atoms with van der Waals surface area (Å²) in [6.45, 7) is 7.35. The minimum absolute atomic E-state index is 0.474. The molecule has 2 rings (SSSR count). The van der Waals surface area contributed by atoms with Crippen molar-refractivity contribution in [1.29, 1.82) is 0 Å². The highest BCUT2D eigenvalue weighted by Gasteiger charge is 2.58. The van der Waals surface area contributed by atoms with Gasteiger partial charge in [-0.15, -0.1) is 0 Å². The highest BCUT2D eigenvalue weighted by molar-refractivity contribution is 6.34. The first kappa shape index (κ1) is 12.6. The van der Waals surface area contributed by atoms with Gasteiger partial charge in [0.25, 0.3) is 17.5 Å². The molecule has 0 amide bonds. The molecule has 96 valence electrons. The van der Waals surface area contributed by atoms with Gasteiger partial charge in [-0.2, -0.15) is 4.74 Å². The number of rotatable bonds is 1. The SMILES string of the molecule is CC1(C)[N+](O)=CC(c2ccccc2)=[N+]([O-])C1(C)C. The Kier molecular flexibility index (Phi) is 2.69. The molecule has 4 nitrogen and oxygen atoms in total. The Morgan fingerprint density at radius 2 is 1.56 bits per heavy atom. The van der Waals surface area contributed by atoms with Gasteiger partial charge < -0.3 is 5.21 Å². The monoisotopic (exact) mass is 247 g/mol. The Hall–Kier alpha value is -1.84. The van der Waals surface area contributed by atoms with Crippen LogP contribution in [0.4, 0.5) is 0 Å². The maximum absolute atomic E-state index is 12.5. The quantitative estimate of drug-likeness (QED) is 0.469. The fraction of sp³-hybridized carbons (Fsp3) is 0.429. The molecule has 0 unspecified atom stereocenters. The molecule has 4 heteroatoms. The summed E-state index contributed by atoms with van der Waals surface area (Å²) in [5, 5.41) is 22.6. The van der Waals surface area contributed by atoms with E-state index in [0.29, 0.717) is 5.71 Å². The third-order valence-electron chi connectivity index (χ3n) is 4.11. The molecular formula is C14H19N2O2+. The van der Waals surface area contributed by atoms with E-state index in [2.05, 4.69) is 0 Å². The highest BCUT2D eigenvalue weighted by Crippen LogP contribution is 2.30. The van der Waals surface area contributed by atoms with Crippen molar-refractivity contribution in [2.24, 2.45) is 0 Å². The Balaban J connectivity index is 2.63. The zero-order valence-corrected chi connectivity index (χ0v) is 11.2. The van der Waals surface area contributed by atoms with Crippen LogP contribution in [0.3, 0.4) is 0 Å². The molecule has 1 aromatic carbocycles. The van der Waals surface area contributed by atoms with Crippen LogP contribution in [0.25, 0.3) is 0 Å². The molecule has 0 aromatic heterocycles. The van der Waals surface area contributed by atoms with Crippen LogP contribution in [0.5, 0.6) is 0 Å². The van der Waals surface area contributed by atoms with Crippen molar-refractivity contribution < 1.29 is 14.7 Å². The summed E-state index contributed by atoms with van der Waals surface area (Å²) in [6, 6.07) is 9.36. The molecule has 1 aliphatic rings. The minimum Gasteiger partial charge on any atom is -0.623 e. The van der Waals surface area contributed by atoms with Crippen molar-refractivity contribution >= 4 is 11.9 Å². The standard InChI is InChI=1S/C14H19N2O2/c1-13(2)14(3,4)16(18)12(10-15(13)17)11-8-6-5-7-9-11/h5-10,17H,1-4H3/q+1. The Bertz CT molecular complexity index is 528. The van der Waals surface area contributed by atoms with Gasteiger partial charge in [-0.05, 0) is 16.9 Å². The van der Waals surface area contributed by atoms with Crippen LogP contribution in [0.15, 0.2) is 30.3 Å². The van der Waals surface area contributed by atoms with Crippen molar-refractivity contribution in [3.05, 3.63) is 41.1 Å². The predicted molar refractivity (Wildman–Crippen MR) is 70.4 cm³/mol. The van der Waals surface area contributed by atoms with Gasteiger partial charge in [-0.25, -0.2) is 0 Å². The molecule has 0 fully saturated rings. The van der Waals surface area contributed by atoms with Crippen LogP contribution in [0.2, 0.25) is 0 Å². The van der Waals surface area contributed by atoms with Gasteiger partial charge in [0.15, 0.2) is 0 Å². The summed E-state index contributed by atoms with van der Waals surface area (Å²) in [7, 11) is 0. The lowest BCUT2D eigenvalue weighted by Gasteiger charge is -2.35. The fourth-order valence-electron chi connectivity index (χ4n) is 1.96. The van der Waals surface area contributed by atoms with Gasteiger partial charge in [-0.1, -0.05) is 18.2 Å². The maximum Gasteiger partial charge on any atom is 0.288 e. The average molecular weight is 247 g/mol. The molecule has 0 spiro atoms. The number of nitrogens with zero attached hydrogens (tertiary/aromatic N) is 2. The van der Waals surface area contributed by atoms with Gasteiger partial charge in [0.1, 0.15) is 0 Å². The Morgan fingerprint density at radius 3 is 2.11 bits per heavy atom. The van der Waals surface area contributed by atoms with Crippen LogP contribution in [0, 0.1) is 5.21 Å². The molecule has 0 saturated carbocycles. The van der Waals surface area contributed by atoms with E-state index in [1.165, 1.54) is 6.21 Å². The maximum atomic E-state index is 12.5. The fourth-order valence-corrected chi connectivity index (χ4v) is 1.96. The topological polar surface area (TPSA) is 49.3 Å². The van der Waals surface area contributed by atoms with Crippen molar-refractivity contribution in [3.8, 4) is 0 Å². The van der Waals surface area contributed by atoms with E-state index in [9.17, 15) is 10.4 Å². The summed E-state index contributed by atoms with van der Waals surface area (Å²) >= 11 is 0. The van der Waals surface area contributed by atoms with Gasteiger partial charge >= 0.3 is 0 Å². The second kappa shape index (κ2) is 3.83. The number of hydroxylamine groups is 2. The molecule has 0 radical (unpaired) electrons. The lowest BCUT2D eigenvalue weighted by Crippen LogP contribution is -2.62. The lowest BCUT2D eigenvalue weighted by atomic mass is 9.81. The lowest BCUT2D eigenvalue weighted by molar-refractivity contribution is -0.851. The Labute approximate surface area is 107 Å². The third-order valence-corrected chi connectivity index (χ3v) is 4.11. The van der Waals surface area contributed by atoms with Crippen LogP contribution in [-0.4, -0.2) is 37.7 Å².